The molecule has 4 nitrogen and oxygen atoms in total. The number of ether oxygens (including phenoxy) is 1. The Kier molecular flexibility index (Phi) is 4.65. The second-order valence-electron chi connectivity index (χ2n) is 4.90. The van der Waals surface area contributed by atoms with Crippen molar-refractivity contribution >= 4 is 11.6 Å². The second-order valence-corrected chi connectivity index (χ2v) is 5.30. The lowest BCUT2D eigenvalue weighted by molar-refractivity contribution is 0.0952. The average Bonchev–Trinajstić information content (AvgIpc) is 2.91. The number of aromatic nitrogens is 2. The molecule has 2 heterocycles. The van der Waals surface area contributed by atoms with Crippen LogP contribution in [0.2, 0.25) is 5.02 Å². The zero-order chi connectivity index (χ0) is 13.1. The molecule has 1 saturated heterocycles. The molecule has 1 aliphatic rings. The molecule has 1 aromatic rings. The van der Waals surface area contributed by atoms with E-state index in [2.05, 4.69) is 24.3 Å². The summed E-state index contributed by atoms with van der Waals surface area (Å²) in [5.74, 6) is 0.458. The van der Waals surface area contributed by atoms with Crippen LogP contribution in [0.4, 0.5) is 0 Å². The first-order valence-corrected chi connectivity index (χ1v) is 7.06. The van der Waals surface area contributed by atoms with Crippen LogP contribution >= 0.6 is 11.6 Å². The van der Waals surface area contributed by atoms with Crippen molar-refractivity contribution in [2.24, 2.45) is 5.92 Å². The van der Waals surface area contributed by atoms with Crippen molar-refractivity contribution in [1.29, 1.82) is 0 Å². The van der Waals surface area contributed by atoms with E-state index in [0.717, 1.165) is 36.7 Å². The summed E-state index contributed by atoms with van der Waals surface area (Å²) in [5, 5.41) is 8.52. The van der Waals surface area contributed by atoms with Gasteiger partial charge in [0.2, 0.25) is 0 Å². The van der Waals surface area contributed by atoms with Gasteiger partial charge in [-0.1, -0.05) is 18.5 Å². The predicted octanol–water partition coefficient (Wildman–Crippen LogP) is 2.63. The number of aryl methyl sites for hydroxylation is 1. The first kappa shape index (κ1) is 13.8. The van der Waals surface area contributed by atoms with Crippen molar-refractivity contribution in [1.82, 2.24) is 15.1 Å². The molecule has 0 aliphatic carbocycles. The first-order chi connectivity index (χ1) is 8.69. The smallest absolute Gasteiger partial charge is 0.0834 e. The van der Waals surface area contributed by atoms with Gasteiger partial charge in [-0.2, -0.15) is 5.10 Å². The van der Waals surface area contributed by atoms with E-state index in [0.29, 0.717) is 5.92 Å². The molecule has 2 rings (SSSR count). The fourth-order valence-corrected chi connectivity index (χ4v) is 3.07. The Hall–Kier alpha value is -0.580. The standard InChI is InChI=1S/C13H22ClN3O/c1-4-6-17-13(11(14)8-16-17)12(15-3)10-5-7-18-9(10)2/h8-10,12,15H,4-7H2,1-3H3. The van der Waals surface area contributed by atoms with E-state index in [1.807, 2.05) is 11.7 Å². The molecule has 1 aromatic heterocycles. The van der Waals surface area contributed by atoms with Crippen LogP contribution in [0.3, 0.4) is 0 Å². The summed E-state index contributed by atoms with van der Waals surface area (Å²) in [6, 6.07) is 0.212. The van der Waals surface area contributed by atoms with Gasteiger partial charge >= 0.3 is 0 Å². The minimum atomic E-state index is 0.212. The summed E-state index contributed by atoms with van der Waals surface area (Å²) in [6.45, 7) is 6.03. The summed E-state index contributed by atoms with van der Waals surface area (Å²) in [4.78, 5) is 0. The lowest BCUT2D eigenvalue weighted by Crippen LogP contribution is -2.31. The predicted molar refractivity (Wildman–Crippen MR) is 72.8 cm³/mol. The van der Waals surface area contributed by atoms with Gasteiger partial charge in [0.15, 0.2) is 0 Å². The van der Waals surface area contributed by atoms with Gasteiger partial charge in [0.05, 0.1) is 29.1 Å². The van der Waals surface area contributed by atoms with Crippen LogP contribution < -0.4 is 5.32 Å². The monoisotopic (exact) mass is 271 g/mol. The molecule has 5 heteroatoms. The van der Waals surface area contributed by atoms with Crippen molar-refractivity contribution in [3.05, 3.63) is 16.9 Å². The van der Waals surface area contributed by atoms with E-state index >= 15 is 0 Å². The summed E-state index contributed by atoms with van der Waals surface area (Å²) in [7, 11) is 1.98. The molecule has 0 spiro atoms. The Morgan fingerprint density at radius 3 is 3.00 bits per heavy atom. The summed E-state index contributed by atoms with van der Waals surface area (Å²) in [5.41, 5.74) is 1.10. The number of hydrogen-bond donors (Lipinski definition) is 1. The molecule has 102 valence electrons. The SMILES string of the molecule is CCCn1ncc(Cl)c1C(NC)C1CCOC1C. The Balaban J connectivity index is 2.28. The van der Waals surface area contributed by atoms with E-state index in [1.165, 1.54) is 0 Å². The third kappa shape index (κ3) is 2.56. The third-order valence-corrected chi connectivity index (χ3v) is 4.03. The maximum absolute atomic E-state index is 6.32. The highest BCUT2D eigenvalue weighted by atomic mass is 35.5. The van der Waals surface area contributed by atoms with Crippen LogP contribution in [0.1, 0.15) is 38.4 Å². The number of nitrogens with zero attached hydrogens (tertiary/aromatic N) is 2. The largest absolute Gasteiger partial charge is 0.378 e. The molecule has 1 N–H and O–H groups in total. The number of nitrogens with one attached hydrogen (secondary N) is 1. The molecule has 18 heavy (non-hydrogen) atoms. The van der Waals surface area contributed by atoms with Crippen molar-refractivity contribution in [3.63, 3.8) is 0 Å². The minimum Gasteiger partial charge on any atom is -0.378 e. The van der Waals surface area contributed by atoms with Gasteiger partial charge in [-0.3, -0.25) is 4.68 Å². The molecule has 3 unspecified atom stereocenters. The fourth-order valence-electron chi connectivity index (χ4n) is 2.81. The first-order valence-electron chi connectivity index (χ1n) is 6.69. The molecule has 1 aliphatic heterocycles. The normalized spacial score (nSPS) is 25.6. The molecule has 0 radical (unpaired) electrons. The number of halogens is 1. The van der Waals surface area contributed by atoms with Gasteiger partial charge in [-0.25, -0.2) is 0 Å². The fraction of sp³-hybridized carbons (Fsp3) is 0.769. The molecule has 0 amide bonds. The van der Waals surface area contributed by atoms with Gasteiger partial charge in [0.1, 0.15) is 0 Å². The highest BCUT2D eigenvalue weighted by Crippen LogP contribution is 2.36. The lowest BCUT2D eigenvalue weighted by Gasteiger charge is -2.26. The zero-order valence-electron chi connectivity index (χ0n) is 11.3. The summed E-state index contributed by atoms with van der Waals surface area (Å²) >= 11 is 6.32. The van der Waals surface area contributed by atoms with Gasteiger partial charge in [0.25, 0.3) is 0 Å². The molecular weight excluding hydrogens is 250 g/mol. The van der Waals surface area contributed by atoms with E-state index in [9.17, 15) is 0 Å². The molecule has 0 bridgehead atoms. The number of hydrogen-bond acceptors (Lipinski definition) is 3. The topological polar surface area (TPSA) is 39.1 Å². The van der Waals surface area contributed by atoms with Crippen LogP contribution in [-0.2, 0) is 11.3 Å². The van der Waals surface area contributed by atoms with Gasteiger partial charge < -0.3 is 10.1 Å². The van der Waals surface area contributed by atoms with Gasteiger partial charge in [0, 0.05) is 19.1 Å². The Morgan fingerprint density at radius 2 is 2.44 bits per heavy atom. The van der Waals surface area contributed by atoms with Crippen LogP contribution in [0, 0.1) is 5.92 Å². The van der Waals surface area contributed by atoms with Gasteiger partial charge in [-0.05, 0) is 26.8 Å². The highest BCUT2D eigenvalue weighted by molar-refractivity contribution is 6.31. The maximum Gasteiger partial charge on any atom is 0.0834 e. The van der Waals surface area contributed by atoms with Crippen molar-refractivity contribution in [2.75, 3.05) is 13.7 Å². The van der Waals surface area contributed by atoms with Crippen molar-refractivity contribution in [2.45, 2.75) is 45.4 Å². The molecule has 3 atom stereocenters. The average molecular weight is 272 g/mol. The van der Waals surface area contributed by atoms with Crippen LogP contribution in [0.25, 0.3) is 0 Å². The minimum absolute atomic E-state index is 0.212. The lowest BCUT2D eigenvalue weighted by atomic mass is 9.91. The van der Waals surface area contributed by atoms with Crippen LogP contribution in [0.15, 0.2) is 6.20 Å². The van der Waals surface area contributed by atoms with Crippen molar-refractivity contribution in [3.8, 4) is 0 Å². The molecule has 1 fully saturated rings. The van der Waals surface area contributed by atoms with Crippen LogP contribution in [0.5, 0.6) is 0 Å². The molecule has 0 aromatic carbocycles. The molecule has 0 saturated carbocycles. The Bertz CT molecular complexity index is 394. The Morgan fingerprint density at radius 1 is 1.67 bits per heavy atom. The van der Waals surface area contributed by atoms with Crippen molar-refractivity contribution < 1.29 is 4.74 Å². The Labute approximate surface area is 114 Å². The second kappa shape index (κ2) is 6.04. The van der Waals surface area contributed by atoms with Gasteiger partial charge in [-0.15, -0.1) is 0 Å². The van der Waals surface area contributed by atoms with Crippen LogP contribution in [-0.4, -0.2) is 29.5 Å². The van der Waals surface area contributed by atoms with E-state index in [-0.39, 0.29) is 12.1 Å². The number of rotatable bonds is 5. The maximum atomic E-state index is 6.32. The summed E-state index contributed by atoms with van der Waals surface area (Å²) < 4.78 is 7.70. The van der Waals surface area contributed by atoms with E-state index < -0.39 is 0 Å². The quantitative estimate of drug-likeness (QED) is 0.895. The van der Waals surface area contributed by atoms with E-state index in [1.54, 1.807) is 6.20 Å². The third-order valence-electron chi connectivity index (χ3n) is 3.74. The highest BCUT2D eigenvalue weighted by Gasteiger charge is 2.34. The summed E-state index contributed by atoms with van der Waals surface area (Å²) in [6.07, 6.45) is 4.14. The molecular formula is C13H22ClN3O. The zero-order valence-corrected chi connectivity index (χ0v) is 12.1. The van der Waals surface area contributed by atoms with E-state index in [4.69, 9.17) is 16.3 Å².